The number of anilines is 1. The van der Waals surface area contributed by atoms with Gasteiger partial charge in [-0.2, -0.15) is 0 Å². The maximum atomic E-state index is 13.6. The van der Waals surface area contributed by atoms with Crippen molar-refractivity contribution in [1.29, 1.82) is 0 Å². The maximum Gasteiger partial charge on any atom is 0.332 e. The average molecular weight is 526 g/mol. The lowest BCUT2D eigenvalue weighted by atomic mass is 10.2. The smallest absolute Gasteiger partial charge is 0.332 e. The number of allylic oxidation sites excluding steroid dienone is 3. The van der Waals surface area contributed by atoms with E-state index in [0.29, 0.717) is 17.1 Å². The molecule has 0 unspecified atom stereocenters. The Balaban J connectivity index is 1.40. The van der Waals surface area contributed by atoms with Crippen LogP contribution in [0.5, 0.6) is 0 Å². The highest BCUT2D eigenvalue weighted by molar-refractivity contribution is 7.13. The molecule has 0 fully saturated rings. The maximum absolute atomic E-state index is 13.6. The number of amides is 1. The monoisotopic (exact) mass is 525 g/mol. The number of aryl methyl sites for hydroxylation is 1. The van der Waals surface area contributed by atoms with Gasteiger partial charge in [-0.25, -0.2) is 23.5 Å². The number of nitrogens with one attached hydrogen (secondary N) is 1. The van der Waals surface area contributed by atoms with E-state index in [9.17, 15) is 23.2 Å². The van der Waals surface area contributed by atoms with Gasteiger partial charge in [0.25, 0.3) is 5.56 Å². The first-order valence-corrected chi connectivity index (χ1v) is 12.0. The summed E-state index contributed by atoms with van der Waals surface area (Å²) >= 11 is 1.15. The normalized spacial score (nSPS) is 13.3. The highest BCUT2D eigenvalue weighted by Gasteiger charge is 2.20. The molecule has 10 nitrogen and oxygen atoms in total. The zero-order valence-electron chi connectivity index (χ0n) is 19.8. The summed E-state index contributed by atoms with van der Waals surface area (Å²) in [6.45, 7) is 0.480. The Kier molecular flexibility index (Phi) is 6.29. The zero-order chi connectivity index (χ0) is 26.3. The SMILES string of the molecule is CN1CC=CC=C1Cn1c(=O)c2c(ncn2CC(=O)Nc2csc(-c3ccc(F)c(F)c3)n2)n(C)c1=O. The van der Waals surface area contributed by atoms with Gasteiger partial charge >= 0.3 is 5.69 Å². The minimum Gasteiger partial charge on any atom is -0.373 e. The largest absolute Gasteiger partial charge is 0.373 e. The number of thiazole rings is 1. The summed E-state index contributed by atoms with van der Waals surface area (Å²) in [5.74, 6) is -2.21. The molecular weight excluding hydrogens is 504 g/mol. The van der Waals surface area contributed by atoms with Crippen LogP contribution in [0.15, 0.2) is 63.4 Å². The summed E-state index contributed by atoms with van der Waals surface area (Å²) in [4.78, 5) is 49.4. The Bertz CT molecular complexity index is 1710. The predicted molar refractivity (Wildman–Crippen MR) is 135 cm³/mol. The van der Waals surface area contributed by atoms with Crippen LogP contribution in [-0.4, -0.2) is 48.1 Å². The number of benzene rings is 1. The van der Waals surface area contributed by atoms with Crippen LogP contribution in [-0.2, 0) is 24.9 Å². The van der Waals surface area contributed by atoms with Gasteiger partial charge in [0, 0.05) is 37.3 Å². The fraction of sp³-hybridized carbons (Fsp3) is 0.208. The molecule has 37 heavy (non-hydrogen) atoms. The van der Waals surface area contributed by atoms with Crippen molar-refractivity contribution in [1.82, 2.24) is 28.6 Å². The minimum absolute atomic E-state index is 0.0746. The molecule has 5 rings (SSSR count). The van der Waals surface area contributed by atoms with E-state index in [4.69, 9.17) is 0 Å². The Hall–Kier alpha value is -4.39. The zero-order valence-corrected chi connectivity index (χ0v) is 20.6. The standard InChI is InChI=1S/C24H21F2N7O3S/c1-30-8-4-3-5-15(30)10-33-23(35)20-21(31(2)24(33)36)27-13-32(20)11-19(34)28-18-12-37-22(29-18)14-6-7-16(25)17(26)9-14/h3-7,9,12-13H,8,10-11H2,1-2H3,(H,28,34). The highest BCUT2D eigenvalue weighted by Crippen LogP contribution is 2.27. The second-order valence-electron chi connectivity index (χ2n) is 8.46. The number of likely N-dealkylation sites (N-methyl/N-ethyl adjacent to an activating group) is 1. The number of fused-ring (bicyclic) bond motifs is 1. The molecule has 1 N–H and O–H groups in total. The molecule has 1 aliphatic heterocycles. The second-order valence-corrected chi connectivity index (χ2v) is 9.32. The van der Waals surface area contributed by atoms with Gasteiger partial charge in [0.2, 0.25) is 5.91 Å². The summed E-state index contributed by atoms with van der Waals surface area (Å²) in [5, 5.41) is 4.61. The number of hydrogen-bond donors (Lipinski definition) is 1. The van der Waals surface area contributed by atoms with Crippen LogP contribution in [0.4, 0.5) is 14.6 Å². The van der Waals surface area contributed by atoms with E-state index in [-0.39, 0.29) is 30.1 Å². The van der Waals surface area contributed by atoms with Crippen LogP contribution in [0.1, 0.15) is 0 Å². The van der Waals surface area contributed by atoms with E-state index in [1.807, 2.05) is 30.2 Å². The van der Waals surface area contributed by atoms with Crippen molar-refractivity contribution >= 4 is 34.2 Å². The molecule has 13 heteroatoms. The molecule has 1 aromatic carbocycles. The fourth-order valence-corrected chi connectivity index (χ4v) is 4.74. The molecule has 4 aromatic rings. The molecule has 3 aromatic heterocycles. The molecule has 0 radical (unpaired) electrons. The number of halogens is 2. The molecule has 4 heterocycles. The van der Waals surface area contributed by atoms with Crippen LogP contribution < -0.4 is 16.6 Å². The Morgan fingerprint density at radius 1 is 1.19 bits per heavy atom. The highest BCUT2D eigenvalue weighted by atomic mass is 32.1. The van der Waals surface area contributed by atoms with Crippen molar-refractivity contribution in [3.63, 3.8) is 0 Å². The third-order valence-corrected chi connectivity index (χ3v) is 6.86. The molecular formula is C24H21F2N7O3S. The van der Waals surface area contributed by atoms with Gasteiger partial charge in [0.1, 0.15) is 17.4 Å². The van der Waals surface area contributed by atoms with E-state index in [1.165, 1.54) is 28.6 Å². The molecule has 0 spiro atoms. The topological polar surface area (TPSA) is 107 Å². The Labute approximate surface area is 212 Å². The van der Waals surface area contributed by atoms with Crippen LogP contribution in [0, 0.1) is 11.6 Å². The van der Waals surface area contributed by atoms with Crippen molar-refractivity contribution in [2.45, 2.75) is 13.1 Å². The van der Waals surface area contributed by atoms with Crippen LogP contribution in [0.3, 0.4) is 0 Å². The van der Waals surface area contributed by atoms with Crippen molar-refractivity contribution < 1.29 is 13.6 Å². The summed E-state index contributed by atoms with van der Waals surface area (Å²) in [7, 11) is 3.39. The Morgan fingerprint density at radius 2 is 2.00 bits per heavy atom. The molecule has 1 amide bonds. The van der Waals surface area contributed by atoms with E-state index >= 15 is 0 Å². The number of aromatic nitrogens is 5. The molecule has 1 aliphatic rings. The predicted octanol–water partition coefficient (Wildman–Crippen LogP) is 2.32. The van der Waals surface area contributed by atoms with Gasteiger partial charge < -0.3 is 14.8 Å². The fourth-order valence-electron chi connectivity index (χ4n) is 3.99. The Morgan fingerprint density at radius 3 is 2.76 bits per heavy atom. The lowest BCUT2D eigenvalue weighted by molar-refractivity contribution is -0.116. The summed E-state index contributed by atoms with van der Waals surface area (Å²) in [6, 6.07) is 3.44. The number of carbonyl (C=O) groups is 1. The van der Waals surface area contributed by atoms with Gasteiger partial charge in [0.05, 0.1) is 12.9 Å². The van der Waals surface area contributed by atoms with Gasteiger partial charge in [-0.15, -0.1) is 11.3 Å². The summed E-state index contributed by atoms with van der Waals surface area (Å²) in [5.41, 5.74) is 0.391. The minimum atomic E-state index is -0.992. The molecule has 0 saturated heterocycles. The number of carbonyl (C=O) groups excluding carboxylic acids is 1. The van der Waals surface area contributed by atoms with Gasteiger partial charge in [0.15, 0.2) is 22.8 Å². The van der Waals surface area contributed by atoms with Gasteiger partial charge in [-0.1, -0.05) is 12.2 Å². The molecule has 0 bridgehead atoms. The lowest BCUT2D eigenvalue weighted by Crippen LogP contribution is -2.41. The first-order valence-electron chi connectivity index (χ1n) is 11.1. The number of imidazole rings is 1. The lowest BCUT2D eigenvalue weighted by Gasteiger charge is -2.24. The summed E-state index contributed by atoms with van der Waals surface area (Å²) in [6.07, 6.45) is 7.00. The van der Waals surface area contributed by atoms with Crippen molar-refractivity contribution in [3.8, 4) is 10.6 Å². The van der Waals surface area contributed by atoms with Gasteiger partial charge in [-0.3, -0.25) is 18.7 Å². The number of rotatable bonds is 6. The summed E-state index contributed by atoms with van der Waals surface area (Å²) < 4.78 is 30.5. The molecule has 190 valence electrons. The van der Waals surface area contributed by atoms with Crippen molar-refractivity contribution in [2.24, 2.45) is 7.05 Å². The quantitative estimate of drug-likeness (QED) is 0.414. The van der Waals surface area contributed by atoms with E-state index < -0.39 is 28.8 Å². The van der Waals surface area contributed by atoms with Gasteiger partial charge in [-0.05, 0) is 24.3 Å². The third-order valence-electron chi connectivity index (χ3n) is 5.97. The second kappa shape index (κ2) is 9.58. The average Bonchev–Trinajstić information content (AvgIpc) is 3.50. The number of nitrogens with zero attached hydrogens (tertiary/aromatic N) is 6. The van der Waals surface area contributed by atoms with Crippen LogP contribution >= 0.6 is 11.3 Å². The molecule has 0 aliphatic carbocycles. The van der Waals surface area contributed by atoms with E-state index in [0.717, 1.165) is 33.7 Å². The molecule has 0 saturated carbocycles. The molecule has 0 atom stereocenters. The third kappa shape index (κ3) is 4.60. The first kappa shape index (κ1) is 24.3. The van der Waals surface area contributed by atoms with Crippen LogP contribution in [0.2, 0.25) is 0 Å². The van der Waals surface area contributed by atoms with Crippen LogP contribution in [0.25, 0.3) is 21.7 Å². The first-order chi connectivity index (χ1) is 17.7. The number of hydrogen-bond acceptors (Lipinski definition) is 7. The van der Waals surface area contributed by atoms with E-state index in [1.54, 1.807) is 5.38 Å². The van der Waals surface area contributed by atoms with E-state index in [2.05, 4.69) is 15.3 Å². The van der Waals surface area contributed by atoms with Crippen molar-refractivity contribution in [2.75, 3.05) is 18.9 Å². The van der Waals surface area contributed by atoms with Crippen molar-refractivity contribution in [3.05, 3.63) is 86.3 Å².